The van der Waals surface area contributed by atoms with Gasteiger partial charge in [-0.15, -0.1) is 11.8 Å². The number of hydrogen-bond donors (Lipinski definition) is 2. The fourth-order valence-electron chi connectivity index (χ4n) is 1.96. The molecule has 0 aromatic heterocycles. The minimum atomic E-state index is -0.386. The van der Waals surface area contributed by atoms with Gasteiger partial charge in [0.1, 0.15) is 0 Å². The summed E-state index contributed by atoms with van der Waals surface area (Å²) in [7, 11) is 0. The summed E-state index contributed by atoms with van der Waals surface area (Å²) in [5, 5.41) is 13.4. The van der Waals surface area contributed by atoms with Crippen LogP contribution in [0.2, 0.25) is 0 Å². The molecular formula is C17H27NO2S. The third-order valence-electron chi connectivity index (χ3n) is 3.49. The number of thioether (sulfide) groups is 1. The Balaban J connectivity index is 1.60. The molecule has 1 atom stereocenters. The molecular weight excluding hydrogens is 282 g/mol. The highest BCUT2D eigenvalue weighted by Crippen LogP contribution is 2.21. The molecule has 0 spiro atoms. The van der Waals surface area contributed by atoms with Gasteiger partial charge in [-0.25, -0.2) is 0 Å². The van der Waals surface area contributed by atoms with Gasteiger partial charge in [-0.05, 0) is 37.0 Å². The molecule has 0 radical (unpaired) electrons. The topological polar surface area (TPSA) is 41.5 Å². The number of rotatable bonds is 11. The smallest absolute Gasteiger partial charge is 0.0867 e. The zero-order valence-electron chi connectivity index (χ0n) is 12.9. The fraction of sp³-hybridized carbons (Fsp3) is 0.647. The van der Waals surface area contributed by atoms with Crippen molar-refractivity contribution in [1.29, 1.82) is 0 Å². The van der Waals surface area contributed by atoms with Gasteiger partial charge in [-0.2, -0.15) is 0 Å². The van der Waals surface area contributed by atoms with Crippen LogP contribution in [0.5, 0.6) is 0 Å². The van der Waals surface area contributed by atoms with E-state index in [0.717, 1.165) is 32.0 Å². The number of hydrogen-bond acceptors (Lipinski definition) is 4. The molecule has 1 aromatic rings. The second-order valence-corrected chi connectivity index (χ2v) is 6.79. The summed E-state index contributed by atoms with van der Waals surface area (Å²) in [6.45, 7) is 4.29. The van der Waals surface area contributed by atoms with Gasteiger partial charge >= 0.3 is 0 Å². The van der Waals surface area contributed by atoms with Crippen LogP contribution in [0.4, 0.5) is 0 Å². The van der Waals surface area contributed by atoms with E-state index in [9.17, 15) is 5.11 Å². The maximum Gasteiger partial charge on any atom is 0.0867 e. The predicted octanol–water partition coefficient (Wildman–Crippen LogP) is 3.21. The van der Waals surface area contributed by atoms with Crippen LogP contribution in [0.15, 0.2) is 29.2 Å². The van der Waals surface area contributed by atoms with Crippen LogP contribution in [0.1, 0.15) is 38.2 Å². The summed E-state index contributed by atoms with van der Waals surface area (Å²) in [6.07, 6.45) is 4.46. The van der Waals surface area contributed by atoms with Crippen molar-refractivity contribution in [2.24, 2.45) is 0 Å². The predicted molar refractivity (Wildman–Crippen MR) is 88.8 cm³/mol. The minimum Gasteiger partial charge on any atom is -0.390 e. The Morgan fingerprint density at radius 1 is 1.33 bits per heavy atom. The number of unbranched alkanes of at least 4 members (excludes halogenated alkanes) is 1. The van der Waals surface area contributed by atoms with Crippen LogP contribution in [0.3, 0.4) is 0 Å². The molecule has 4 heteroatoms. The molecule has 1 unspecified atom stereocenters. The van der Waals surface area contributed by atoms with Crippen molar-refractivity contribution in [1.82, 2.24) is 5.32 Å². The number of aliphatic hydroxyl groups excluding tert-OH is 1. The molecule has 0 bridgehead atoms. The summed E-state index contributed by atoms with van der Waals surface area (Å²) < 4.78 is 5.43. The van der Waals surface area contributed by atoms with Gasteiger partial charge in [0, 0.05) is 29.8 Å². The van der Waals surface area contributed by atoms with Crippen molar-refractivity contribution >= 4 is 11.8 Å². The van der Waals surface area contributed by atoms with E-state index in [1.807, 2.05) is 0 Å². The zero-order valence-corrected chi connectivity index (χ0v) is 13.7. The number of aliphatic hydroxyl groups is 1. The van der Waals surface area contributed by atoms with E-state index >= 15 is 0 Å². The van der Waals surface area contributed by atoms with E-state index in [-0.39, 0.29) is 6.10 Å². The molecule has 2 rings (SSSR count). The lowest BCUT2D eigenvalue weighted by Crippen LogP contribution is -2.18. The summed E-state index contributed by atoms with van der Waals surface area (Å²) in [5.41, 5.74) is 1.33. The second kappa shape index (κ2) is 9.46. The van der Waals surface area contributed by atoms with Crippen molar-refractivity contribution < 1.29 is 9.84 Å². The highest BCUT2D eigenvalue weighted by molar-refractivity contribution is 7.99. The first-order chi connectivity index (χ1) is 10.3. The second-order valence-electron chi connectivity index (χ2n) is 5.69. The van der Waals surface area contributed by atoms with Crippen molar-refractivity contribution in [3.63, 3.8) is 0 Å². The van der Waals surface area contributed by atoms with Crippen LogP contribution in [0.25, 0.3) is 0 Å². The third-order valence-corrected chi connectivity index (χ3v) is 4.65. The summed E-state index contributed by atoms with van der Waals surface area (Å²) >= 11 is 1.69. The standard InChI is InChI=1S/C17H27NO2S/c1-2-3-10-20-12-16(19)13-21-17-8-4-14(5-9-17)11-18-15-6-7-15/h4-5,8-9,15-16,18-19H,2-3,6-7,10-13H2,1H3. The lowest BCUT2D eigenvalue weighted by atomic mass is 10.2. The lowest BCUT2D eigenvalue weighted by molar-refractivity contribution is 0.0473. The molecule has 2 N–H and O–H groups in total. The van der Waals surface area contributed by atoms with Crippen molar-refractivity contribution in [2.45, 2.75) is 56.2 Å². The van der Waals surface area contributed by atoms with Crippen LogP contribution in [-0.2, 0) is 11.3 Å². The highest BCUT2D eigenvalue weighted by Gasteiger charge is 2.19. The molecule has 0 aliphatic heterocycles. The Bertz CT molecular complexity index is 392. The molecule has 3 nitrogen and oxygen atoms in total. The molecule has 1 aliphatic carbocycles. The molecule has 0 amide bonds. The third kappa shape index (κ3) is 7.32. The molecule has 21 heavy (non-hydrogen) atoms. The molecule has 1 aromatic carbocycles. The van der Waals surface area contributed by atoms with Crippen molar-refractivity contribution in [3.8, 4) is 0 Å². The average Bonchev–Trinajstić information content (AvgIpc) is 3.33. The van der Waals surface area contributed by atoms with E-state index in [2.05, 4.69) is 36.5 Å². The summed E-state index contributed by atoms with van der Waals surface area (Å²) in [6, 6.07) is 9.37. The number of nitrogens with one attached hydrogen (secondary N) is 1. The lowest BCUT2D eigenvalue weighted by Gasteiger charge is -2.11. The first-order valence-electron chi connectivity index (χ1n) is 7.99. The normalized spacial score (nSPS) is 16.1. The summed E-state index contributed by atoms with van der Waals surface area (Å²) in [5.74, 6) is 0.686. The SMILES string of the molecule is CCCCOCC(O)CSc1ccc(CNC2CC2)cc1. The number of benzene rings is 1. The maximum atomic E-state index is 9.86. The molecule has 0 heterocycles. The van der Waals surface area contributed by atoms with Gasteiger partial charge in [0.2, 0.25) is 0 Å². The van der Waals surface area contributed by atoms with Gasteiger partial charge in [-0.1, -0.05) is 25.5 Å². The quantitative estimate of drug-likeness (QED) is 0.486. The Labute approximate surface area is 132 Å². The van der Waals surface area contributed by atoms with Gasteiger partial charge in [0.05, 0.1) is 12.7 Å². The highest BCUT2D eigenvalue weighted by atomic mass is 32.2. The first-order valence-corrected chi connectivity index (χ1v) is 8.97. The summed E-state index contributed by atoms with van der Waals surface area (Å²) in [4.78, 5) is 1.21. The van der Waals surface area contributed by atoms with E-state index in [1.165, 1.54) is 23.3 Å². The van der Waals surface area contributed by atoms with E-state index in [0.29, 0.717) is 12.4 Å². The Kier molecular flexibility index (Phi) is 7.58. The van der Waals surface area contributed by atoms with Gasteiger partial charge in [0.15, 0.2) is 0 Å². The monoisotopic (exact) mass is 309 g/mol. The van der Waals surface area contributed by atoms with Gasteiger partial charge < -0.3 is 15.2 Å². The Hall–Kier alpha value is -0.550. The van der Waals surface area contributed by atoms with Crippen LogP contribution in [-0.4, -0.2) is 36.2 Å². The molecule has 1 saturated carbocycles. The largest absolute Gasteiger partial charge is 0.390 e. The average molecular weight is 309 g/mol. The zero-order chi connectivity index (χ0) is 14.9. The van der Waals surface area contributed by atoms with E-state index in [1.54, 1.807) is 11.8 Å². The fourth-order valence-corrected chi connectivity index (χ4v) is 2.77. The van der Waals surface area contributed by atoms with Crippen molar-refractivity contribution in [2.75, 3.05) is 19.0 Å². The van der Waals surface area contributed by atoms with E-state index < -0.39 is 0 Å². The minimum absolute atomic E-state index is 0.386. The molecule has 0 saturated heterocycles. The Morgan fingerprint density at radius 2 is 2.10 bits per heavy atom. The van der Waals surface area contributed by atoms with Gasteiger partial charge in [-0.3, -0.25) is 0 Å². The van der Waals surface area contributed by atoms with Crippen LogP contribution >= 0.6 is 11.8 Å². The molecule has 118 valence electrons. The maximum absolute atomic E-state index is 9.86. The molecule has 1 aliphatic rings. The van der Waals surface area contributed by atoms with Crippen LogP contribution in [0, 0.1) is 0 Å². The van der Waals surface area contributed by atoms with Crippen LogP contribution < -0.4 is 5.32 Å². The Morgan fingerprint density at radius 3 is 2.76 bits per heavy atom. The van der Waals surface area contributed by atoms with Gasteiger partial charge in [0.25, 0.3) is 0 Å². The van der Waals surface area contributed by atoms with Crippen molar-refractivity contribution in [3.05, 3.63) is 29.8 Å². The molecule has 1 fully saturated rings. The van der Waals surface area contributed by atoms with E-state index in [4.69, 9.17) is 4.74 Å². The number of ether oxygens (including phenoxy) is 1. The first kappa shape index (κ1) is 16.8.